The van der Waals surface area contributed by atoms with E-state index in [1.54, 1.807) is 24.6 Å². The van der Waals surface area contributed by atoms with Crippen LogP contribution in [0.1, 0.15) is 50.7 Å². The van der Waals surface area contributed by atoms with Crippen molar-refractivity contribution in [3.05, 3.63) is 59.9 Å². The number of aliphatic hydroxyl groups excluding tert-OH is 2. The van der Waals surface area contributed by atoms with Crippen molar-refractivity contribution in [1.29, 1.82) is 0 Å². The van der Waals surface area contributed by atoms with E-state index in [-0.39, 0.29) is 12.1 Å². The fourth-order valence-electron chi connectivity index (χ4n) is 4.02. The molecule has 8 heteroatoms. The Hall–Kier alpha value is -2.00. The predicted molar refractivity (Wildman–Crippen MR) is 151 cm³/mol. The van der Waals surface area contributed by atoms with E-state index in [9.17, 15) is 15.0 Å². The molecule has 2 aromatic rings. The van der Waals surface area contributed by atoms with Crippen LogP contribution < -0.4 is 9.47 Å². The molecule has 3 rings (SSSR count). The number of aliphatic hydroxyl groups is 2. The smallest absolute Gasteiger partial charge is 0.306 e. The van der Waals surface area contributed by atoms with Gasteiger partial charge in [-0.1, -0.05) is 45.9 Å². The summed E-state index contributed by atoms with van der Waals surface area (Å²) < 4.78 is 7.73. The van der Waals surface area contributed by atoms with Crippen LogP contribution in [0.4, 0.5) is 5.69 Å². The van der Waals surface area contributed by atoms with E-state index in [1.807, 2.05) is 52.4 Å². The second-order valence-corrected chi connectivity index (χ2v) is 12.0. The number of carbonyl (C=O) groups is 1. The Labute approximate surface area is 223 Å². The molecule has 3 atom stereocenters. The maximum Gasteiger partial charge on any atom is 0.306 e. The van der Waals surface area contributed by atoms with Gasteiger partial charge in [-0.15, -0.1) is 0 Å². The first-order chi connectivity index (χ1) is 17.4. The fraction of sp³-hybridized carbons (Fsp3) is 0.500. The van der Waals surface area contributed by atoms with Crippen LogP contribution in [0.25, 0.3) is 12.2 Å². The summed E-state index contributed by atoms with van der Waals surface area (Å²) in [7, 11) is 3.68. The van der Waals surface area contributed by atoms with E-state index in [0.717, 1.165) is 54.1 Å². The highest BCUT2D eigenvalue weighted by molar-refractivity contribution is 8.76. The number of anilines is 1. The Kier molecular flexibility index (Phi) is 12.1. The van der Waals surface area contributed by atoms with Crippen LogP contribution in [0.2, 0.25) is 0 Å². The largest absolute Gasteiger partial charge is 0.461 e. The number of aromatic nitrogens is 1. The van der Waals surface area contributed by atoms with Gasteiger partial charge in [0.25, 0.3) is 0 Å². The van der Waals surface area contributed by atoms with Gasteiger partial charge in [-0.05, 0) is 49.9 Å². The van der Waals surface area contributed by atoms with Crippen LogP contribution in [0, 0.1) is 0 Å². The summed E-state index contributed by atoms with van der Waals surface area (Å²) in [5.74, 6) is 1.95. The van der Waals surface area contributed by atoms with E-state index in [1.165, 1.54) is 0 Å². The van der Waals surface area contributed by atoms with E-state index in [0.29, 0.717) is 19.5 Å². The number of pyridine rings is 1. The highest BCUT2D eigenvalue weighted by Gasteiger charge is 2.17. The average Bonchev–Trinajstić information content (AvgIpc) is 3.11. The molecule has 0 amide bonds. The Morgan fingerprint density at radius 1 is 1.06 bits per heavy atom. The molecule has 0 spiro atoms. The molecule has 0 aliphatic carbocycles. The highest BCUT2D eigenvalue weighted by atomic mass is 33.1. The van der Waals surface area contributed by atoms with Gasteiger partial charge in [-0.2, -0.15) is 0 Å². The van der Waals surface area contributed by atoms with Crippen molar-refractivity contribution in [2.45, 2.75) is 64.4 Å². The monoisotopic (exact) mass is 531 g/mol. The maximum atomic E-state index is 12.2. The van der Waals surface area contributed by atoms with Crippen molar-refractivity contribution in [2.24, 2.45) is 0 Å². The molecule has 1 aromatic heterocycles. The molecule has 1 aliphatic heterocycles. The van der Waals surface area contributed by atoms with E-state index >= 15 is 0 Å². The topological polar surface area (TPSA) is 73.9 Å². The maximum absolute atomic E-state index is 12.2. The molecule has 36 heavy (non-hydrogen) atoms. The predicted octanol–water partition coefficient (Wildman–Crippen LogP) is 4.58. The molecule has 1 aromatic carbocycles. The first-order valence-corrected chi connectivity index (χ1v) is 15.2. The third kappa shape index (κ3) is 10.5. The van der Waals surface area contributed by atoms with Crippen molar-refractivity contribution >= 4 is 45.4 Å². The zero-order valence-corrected chi connectivity index (χ0v) is 22.9. The number of benzene rings is 1. The van der Waals surface area contributed by atoms with Crippen LogP contribution in [0.3, 0.4) is 0 Å². The van der Waals surface area contributed by atoms with Gasteiger partial charge in [0.1, 0.15) is 12.6 Å². The minimum atomic E-state index is -0.470. The van der Waals surface area contributed by atoms with Gasteiger partial charge in [0.05, 0.1) is 18.6 Å². The third-order valence-corrected chi connectivity index (χ3v) is 8.34. The van der Waals surface area contributed by atoms with Crippen LogP contribution in [0.5, 0.6) is 0 Å². The zero-order chi connectivity index (χ0) is 25.8. The molecule has 1 saturated heterocycles. The molecule has 196 valence electrons. The summed E-state index contributed by atoms with van der Waals surface area (Å²) in [5.41, 5.74) is 3.16. The van der Waals surface area contributed by atoms with Gasteiger partial charge in [-0.25, -0.2) is 4.57 Å². The molecule has 3 unspecified atom stereocenters. The number of hydrogen-bond acceptors (Lipinski definition) is 7. The number of hydrogen-bond donors (Lipinski definition) is 2. The molecule has 6 nitrogen and oxygen atoms in total. The molecular weight excluding hydrogens is 492 g/mol. The summed E-state index contributed by atoms with van der Waals surface area (Å²) in [6.45, 7) is 5.24. The second-order valence-electron chi connectivity index (χ2n) is 9.36. The van der Waals surface area contributed by atoms with Crippen LogP contribution in [-0.4, -0.2) is 59.1 Å². The molecule has 1 aliphatic rings. The Balaban J connectivity index is 1.45. The van der Waals surface area contributed by atoms with E-state index < -0.39 is 12.2 Å². The summed E-state index contributed by atoms with van der Waals surface area (Å²) in [5, 5.41) is 19.5. The standard InChI is InChI=1S/C28H39N2O4S2/c1-22(31)19-30(20-23(2)32)26-11-9-24(10-12-26)7-8-25-13-16-29(17-14-25)15-3-6-28(33)34-27-5-4-18-35-36-21-27/h7-14,16-17,22-23,27,31-32H,3-6,15,18-21H2,1-2H3/q+1. The van der Waals surface area contributed by atoms with Crippen molar-refractivity contribution in [3.63, 3.8) is 0 Å². The van der Waals surface area contributed by atoms with E-state index in [2.05, 4.69) is 28.9 Å². The zero-order valence-electron chi connectivity index (χ0n) is 21.3. The van der Waals surface area contributed by atoms with Gasteiger partial charge in [0, 0.05) is 48.8 Å². The van der Waals surface area contributed by atoms with Crippen molar-refractivity contribution in [2.75, 3.05) is 29.5 Å². The van der Waals surface area contributed by atoms with Gasteiger partial charge >= 0.3 is 5.97 Å². The average molecular weight is 532 g/mol. The number of aryl methyl sites for hydroxylation is 1. The first kappa shape index (κ1) is 28.6. The lowest BCUT2D eigenvalue weighted by atomic mass is 10.1. The van der Waals surface area contributed by atoms with Crippen LogP contribution in [0.15, 0.2) is 48.8 Å². The molecule has 2 heterocycles. The molecule has 0 radical (unpaired) electrons. The molecular formula is C28H39N2O4S2+. The lowest BCUT2D eigenvalue weighted by Gasteiger charge is -2.27. The number of carbonyl (C=O) groups excluding carboxylic acids is 1. The Morgan fingerprint density at radius 2 is 1.69 bits per heavy atom. The van der Waals surface area contributed by atoms with Gasteiger partial charge in [0.15, 0.2) is 12.4 Å². The van der Waals surface area contributed by atoms with Gasteiger partial charge < -0.3 is 19.8 Å². The van der Waals surface area contributed by atoms with Crippen LogP contribution in [-0.2, 0) is 16.1 Å². The number of nitrogens with zero attached hydrogens (tertiary/aromatic N) is 2. The summed E-state index contributed by atoms with van der Waals surface area (Å²) in [6, 6.07) is 12.2. The SMILES string of the molecule is CC(O)CN(CC(C)O)c1ccc(/C=C/c2cc[n+](CCCC(=O)OC3CCCSSC3)cc2)cc1. The summed E-state index contributed by atoms with van der Waals surface area (Å²) >= 11 is 0. The molecule has 0 bridgehead atoms. The fourth-order valence-corrected chi connectivity index (χ4v) is 6.36. The molecule has 2 N–H and O–H groups in total. The quantitative estimate of drug-likeness (QED) is 0.236. The van der Waals surface area contributed by atoms with Gasteiger partial charge in [0.2, 0.25) is 0 Å². The molecule has 1 fully saturated rings. The summed E-state index contributed by atoms with van der Waals surface area (Å²) in [4.78, 5) is 14.2. The Morgan fingerprint density at radius 3 is 2.33 bits per heavy atom. The number of rotatable bonds is 12. The molecule has 0 saturated carbocycles. The van der Waals surface area contributed by atoms with Crippen LogP contribution >= 0.6 is 21.6 Å². The van der Waals surface area contributed by atoms with Crippen molar-refractivity contribution in [3.8, 4) is 0 Å². The minimum absolute atomic E-state index is 0.0693. The summed E-state index contributed by atoms with van der Waals surface area (Å²) in [6.07, 6.45) is 10.7. The Bertz CT molecular complexity index is 931. The lowest BCUT2D eigenvalue weighted by Crippen LogP contribution is -2.36. The third-order valence-electron chi connectivity index (χ3n) is 5.80. The van der Waals surface area contributed by atoms with Gasteiger partial charge in [-0.3, -0.25) is 4.79 Å². The normalized spacial score (nSPS) is 17.9. The van der Waals surface area contributed by atoms with Crippen molar-refractivity contribution in [1.82, 2.24) is 0 Å². The second kappa shape index (κ2) is 15.3. The van der Waals surface area contributed by atoms with E-state index in [4.69, 9.17) is 4.74 Å². The first-order valence-electron chi connectivity index (χ1n) is 12.7. The minimum Gasteiger partial charge on any atom is -0.461 e. The lowest BCUT2D eigenvalue weighted by molar-refractivity contribution is -0.697. The number of esters is 1. The number of ether oxygens (including phenoxy) is 1. The van der Waals surface area contributed by atoms with Crippen molar-refractivity contribution < 1.29 is 24.3 Å². The highest BCUT2D eigenvalue weighted by Crippen LogP contribution is 2.29.